The largest absolute Gasteiger partial charge is 0.487 e. The van der Waals surface area contributed by atoms with Gasteiger partial charge in [0.05, 0.1) is 23.7 Å². The number of pyridine rings is 1. The lowest BCUT2D eigenvalue weighted by Gasteiger charge is -2.56. The third kappa shape index (κ3) is 5.83. The number of Topliss-reactive ketones (excluding diaryl/α,β-unsaturated/α-hetero) is 3. The van der Waals surface area contributed by atoms with Crippen molar-refractivity contribution in [2.45, 2.75) is 83.5 Å². The molecule has 0 spiro atoms. The van der Waals surface area contributed by atoms with Crippen LogP contribution in [0.5, 0.6) is 11.6 Å². The molecule has 0 bridgehead atoms. The molecule has 4 aromatic rings. The summed E-state index contributed by atoms with van der Waals surface area (Å²) in [6.07, 6.45) is 2.38. The zero-order valence-electron chi connectivity index (χ0n) is 31.2. The van der Waals surface area contributed by atoms with Crippen molar-refractivity contribution in [1.82, 2.24) is 15.0 Å². The highest BCUT2D eigenvalue weighted by Crippen LogP contribution is 2.58. The number of carbonyl (C=O) groups excluding carboxylic acids is 3. The minimum absolute atomic E-state index is 0.0147. The summed E-state index contributed by atoms with van der Waals surface area (Å²) in [5.74, 6) is -2.86. The van der Waals surface area contributed by atoms with E-state index < -0.39 is 43.4 Å². The first-order chi connectivity index (χ1) is 24.7. The number of aryl methyl sites for hydroxylation is 1. The van der Waals surface area contributed by atoms with Crippen LogP contribution in [0.25, 0.3) is 0 Å². The molecule has 10 nitrogen and oxygen atoms in total. The van der Waals surface area contributed by atoms with Gasteiger partial charge in [-0.2, -0.15) is 0 Å². The highest BCUT2D eigenvalue weighted by molar-refractivity contribution is 6.74. The Kier molecular flexibility index (Phi) is 9.12. The second kappa shape index (κ2) is 13.2. The molecule has 2 aromatic carbocycles. The van der Waals surface area contributed by atoms with E-state index in [0.29, 0.717) is 29.9 Å². The number of fused-ring (bicyclic) bond motifs is 4. The van der Waals surface area contributed by atoms with Crippen LogP contribution < -0.4 is 9.47 Å². The van der Waals surface area contributed by atoms with Crippen molar-refractivity contribution in [2.24, 2.45) is 17.8 Å². The van der Waals surface area contributed by atoms with Crippen molar-refractivity contribution >= 4 is 25.7 Å². The lowest BCUT2D eigenvalue weighted by molar-refractivity contribution is -0.151. The van der Waals surface area contributed by atoms with Crippen molar-refractivity contribution in [2.75, 3.05) is 14.1 Å². The van der Waals surface area contributed by atoms with Gasteiger partial charge in [-0.1, -0.05) is 81.4 Å². The molecule has 0 radical (unpaired) electrons. The van der Waals surface area contributed by atoms with E-state index in [-0.39, 0.29) is 41.4 Å². The Morgan fingerprint density at radius 2 is 1.54 bits per heavy atom. The van der Waals surface area contributed by atoms with Gasteiger partial charge in [0.25, 0.3) is 5.88 Å². The molecule has 0 saturated heterocycles. The van der Waals surface area contributed by atoms with Crippen molar-refractivity contribution in [3.8, 4) is 11.6 Å². The molecule has 1 saturated carbocycles. The summed E-state index contributed by atoms with van der Waals surface area (Å²) in [7, 11) is 0.934. The first kappa shape index (κ1) is 35.9. The van der Waals surface area contributed by atoms with Crippen LogP contribution in [-0.2, 0) is 28.9 Å². The standard InChI is InChI=1S/C41H47N3O7Si/c1-24-28-19-27-20-29-34(44(5)6)36-33(39(43-50-36)49-23-26-17-13-10-14-18-26)38(47)41(29,51-52(7,8)40(2,3)4)37(46)31(27)35(45)32(28)30(21-42-24)48-22-25-15-11-9-12-16-25/h9-18,21,27,29,31,34H,19-20,22-23H2,1-8H3/t27-,29-,31?,34-,41-/m0/s1. The van der Waals surface area contributed by atoms with Gasteiger partial charge in [-0.05, 0) is 79.8 Å². The Hall–Kier alpha value is -4.45. The van der Waals surface area contributed by atoms with Crippen molar-refractivity contribution in [1.29, 1.82) is 0 Å². The number of ether oxygens (including phenoxy) is 2. The molecule has 2 heterocycles. The molecule has 272 valence electrons. The van der Waals surface area contributed by atoms with E-state index in [4.69, 9.17) is 18.4 Å². The molecule has 2 aromatic heterocycles. The maximum atomic E-state index is 15.6. The fourth-order valence-corrected chi connectivity index (χ4v) is 9.50. The van der Waals surface area contributed by atoms with E-state index >= 15 is 9.59 Å². The summed E-state index contributed by atoms with van der Waals surface area (Å²) in [6, 6.07) is 18.7. The quantitative estimate of drug-likeness (QED) is 0.128. The lowest BCUT2D eigenvalue weighted by Crippen LogP contribution is -2.70. The van der Waals surface area contributed by atoms with E-state index in [2.05, 4.69) is 30.9 Å². The van der Waals surface area contributed by atoms with Gasteiger partial charge in [0.2, 0.25) is 5.78 Å². The Morgan fingerprint density at radius 1 is 0.923 bits per heavy atom. The number of ketones is 3. The molecule has 0 amide bonds. The van der Waals surface area contributed by atoms with Gasteiger partial charge in [0.1, 0.15) is 24.5 Å². The van der Waals surface area contributed by atoms with Gasteiger partial charge in [-0.25, -0.2) is 0 Å². The summed E-state index contributed by atoms with van der Waals surface area (Å²) < 4.78 is 25.6. The number of carbonyl (C=O) groups is 3. The van der Waals surface area contributed by atoms with E-state index in [1.165, 1.54) is 0 Å². The van der Waals surface area contributed by atoms with Crippen LogP contribution >= 0.6 is 0 Å². The van der Waals surface area contributed by atoms with Crippen LogP contribution in [0.4, 0.5) is 0 Å². The average molecular weight is 722 g/mol. The zero-order valence-corrected chi connectivity index (χ0v) is 32.2. The van der Waals surface area contributed by atoms with Gasteiger partial charge >= 0.3 is 0 Å². The van der Waals surface area contributed by atoms with Gasteiger partial charge in [-0.3, -0.25) is 24.3 Å². The van der Waals surface area contributed by atoms with E-state index in [1.807, 2.05) is 99.7 Å². The van der Waals surface area contributed by atoms with Crippen LogP contribution in [0.15, 0.2) is 71.4 Å². The minimum atomic E-state index is -2.87. The molecular formula is C41H47N3O7Si. The van der Waals surface area contributed by atoms with Crippen LogP contribution in [0.3, 0.4) is 0 Å². The zero-order chi connectivity index (χ0) is 37.2. The van der Waals surface area contributed by atoms with Crippen LogP contribution in [-0.4, -0.2) is 60.4 Å². The monoisotopic (exact) mass is 721 g/mol. The maximum absolute atomic E-state index is 15.6. The summed E-state index contributed by atoms with van der Waals surface area (Å²) in [6.45, 7) is 12.6. The predicted molar refractivity (Wildman–Crippen MR) is 197 cm³/mol. The second-order valence-corrected chi connectivity index (χ2v) is 20.9. The molecule has 1 fully saturated rings. The van der Waals surface area contributed by atoms with E-state index in [1.54, 1.807) is 6.20 Å². The van der Waals surface area contributed by atoms with Crippen LogP contribution in [0, 0.1) is 24.7 Å². The smallest absolute Gasteiger partial charge is 0.265 e. The Bertz CT molecular complexity index is 2020. The Morgan fingerprint density at radius 3 is 2.13 bits per heavy atom. The SMILES string of the molecule is Cc1ncc(OCc2ccccc2)c2c1C[C@H]1C[C@H]3[C@H](N(C)C)c4onc(OCc5ccccc5)c4C(=O)[C@@]3(O[Si](C)(C)C(C)(C)C)C(=O)C1C2=O. The second-order valence-electron chi connectivity index (χ2n) is 16.2. The van der Waals surface area contributed by atoms with E-state index in [9.17, 15) is 4.79 Å². The average Bonchev–Trinajstić information content (AvgIpc) is 3.52. The Balaban J connectivity index is 1.35. The maximum Gasteiger partial charge on any atom is 0.265 e. The first-order valence-electron chi connectivity index (χ1n) is 18.0. The van der Waals surface area contributed by atoms with Crippen molar-refractivity contribution < 1.29 is 32.8 Å². The van der Waals surface area contributed by atoms with Gasteiger partial charge in [0.15, 0.2) is 31.2 Å². The molecule has 7 rings (SSSR count). The first-order valence-corrected chi connectivity index (χ1v) is 20.9. The molecule has 3 aliphatic carbocycles. The van der Waals surface area contributed by atoms with Crippen LogP contribution in [0.2, 0.25) is 18.1 Å². The Labute approximate surface area is 306 Å². The third-order valence-electron chi connectivity index (χ3n) is 11.7. The van der Waals surface area contributed by atoms with Crippen molar-refractivity contribution in [3.05, 3.63) is 106 Å². The van der Waals surface area contributed by atoms with E-state index in [0.717, 1.165) is 22.4 Å². The molecule has 3 aliphatic rings. The predicted octanol–water partition coefficient (Wildman–Crippen LogP) is 7.36. The number of rotatable bonds is 9. The summed E-state index contributed by atoms with van der Waals surface area (Å²) in [5.41, 5.74) is 1.82. The number of benzene rings is 2. The molecule has 1 unspecified atom stereocenters. The highest BCUT2D eigenvalue weighted by atomic mass is 28.4. The molecular weight excluding hydrogens is 675 g/mol. The minimum Gasteiger partial charge on any atom is -0.487 e. The topological polar surface area (TPSA) is 121 Å². The molecule has 0 N–H and O–H groups in total. The third-order valence-corrected chi connectivity index (χ3v) is 16.1. The molecule has 0 aliphatic heterocycles. The van der Waals surface area contributed by atoms with Gasteiger partial charge < -0.3 is 18.4 Å². The summed E-state index contributed by atoms with van der Waals surface area (Å²) in [4.78, 5) is 52.5. The number of hydrogen-bond acceptors (Lipinski definition) is 10. The fraction of sp³-hybridized carbons (Fsp3) is 0.439. The molecule has 52 heavy (non-hydrogen) atoms. The summed E-state index contributed by atoms with van der Waals surface area (Å²) >= 11 is 0. The lowest BCUT2D eigenvalue weighted by atomic mass is 9.54. The number of hydrogen-bond donors (Lipinski definition) is 0. The summed E-state index contributed by atoms with van der Waals surface area (Å²) in [5, 5.41) is 3.91. The molecule has 11 heteroatoms. The highest BCUT2D eigenvalue weighted by Gasteiger charge is 2.70. The fourth-order valence-electron chi connectivity index (χ4n) is 8.05. The van der Waals surface area contributed by atoms with Gasteiger partial charge in [0, 0.05) is 11.6 Å². The normalized spacial score (nSPS) is 24.2. The van der Waals surface area contributed by atoms with Gasteiger partial charge in [-0.15, -0.1) is 0 Å². The van der Waals surface area contributed by atoms with Crippen LogP contribution in [0.1, 0.15) is 82.1 Å². The number of nitrogens with zero attached hydrogens (tertiary/aromatic N) is 3. The van der Waals surface area contributed by atoms with Crippen molar-refractivity contribution in [3.63, 3.8) is 0 Å². The molecule has 5 atom stereocenters. The number of aromatic nitrogens is 2.